The van der Waals surface area contributed by atoms with Crippen LogP contribution in [0.15, 0.2) is 48.5 Å². The van der Waals surface area contributed by atoms with Crippen molar-refractivity contribution in [2.24, 2.45) is 0 Å². The number of rotatable bonds is 4. The number of allylic oxidation sites excluding steroid dienone is 1. The molecule has 2 aromatic carbocycles. The van der Waals surface area contributed by atoms with Crippen LogP contribution in [0, 0.1) is 11.6 Å². The van der Waals surface area contributed by atoms with Crippen molar-refractivity contribution in [2.75, 3.05) is 7.11 Å². The summed E-state index contributed by atoms with van der Waals surface area (Å²) in [5.41, 5.74) is 0.820. The maximum Gasteiger partial charge on any atom is 0.189 e. The lowest BCUT2D eigenvalue weighted by molar-refractivity contribution is 0.104. The molecule has 0 bridgehead atoms. The van der Waals surface area contributed by atoms with Crippen LogP contribution in [-0.4, -0.2) is 12.9 Å². The molecule has 0 saturated heterocycles. The molecular weight excluding hydrogens is 262 g/mol. The summed E-state index contributed by atoms with van der Waals surface area (Å²) in [6.45, 7) is 0. The Morgan fingerprint density at radius 1 is 1.10 bits per heavy atom. The van der Waals surface area contributed by atoms with Gasteiger partial charge < -0.3 is 4.74 Å². The summed E-state index contributed by atoms with van der Waals surface area (Å²) >= 11 is 0. The molecule has 20 heavy (non-hydrogen) atoms. The van der Waals surface area contributed by atoms with Crippen LogP contribution in [0.4, 0.5) is 8.78 Å². The molecule has 0 atom stereocenters. The van der Waals surface area contributed by atoms with E-state index < -0.39 is 17.4 Å². The Labute approximate surface area is 115 Å². The molecule has 0 spiro atoms. The van der Waals surface area contributed by atoms with Crippen molar-refractivity contribution >= 4 is 11.9 Å². The molecule has 0 unspecified atom stereocenters. The number of ether oxygens (including phenoxy) is 1. The Balaban J connectivity index is 2.30. The van der Waals surface area contributed by atoms with Crippen LogP contribution in [-0.2, 0) is 0 Å². The van der Waals surface area contributed by atoms with Crippen LogP contribution < -0.4 is 4.74 Å². The van der Waals surface area contributed by atoms with Crippen molar-refractivity contribution in [1.82, 2.24) is 0 Å². The van der Waals surface area contributed by atoms with Crippen molar-refractivity contribution < 1.29 is 18.3 Å². The second kappa shape index (κ2) is 6.10. The molecule has 0 N–H and O–H groups in total. The van der Waals surface area contributed by atoms with E-state index in [1.165, 1.54) is 13.2 Å². The lowest BCUT2D eigenvalue weighted by atomic mass is 10.1. The van der Waals surface area contributed by atoms with Gasteiger partial charge in [0.1, 0.15) is 5.75 Å². The van der Waals surface area contributed by atoms with Gasteiger partial charge in [-0.25, -0.2) is 8.78 Å². The van der Waals surface area contributed by atoms with Gasteiger partial charge in [-0.2, -0.15) is 0 Å². The normalized spacial score (nSPS) is 10.8. The molecule has 2 nitrogen and oxygen atoms in total. The molecule has 0 amide bonds. The van der Waals surface area contributed by atoms with E-state index in [1.807, 2.05) is 30.3 Å². The van der Waals surface area contributed by atoms with Gasteiger partial charge in [-0.1, -0.05) is 36.4 Å². The maximum absolute atomic E-state index is 13.2. The molecule has 102 valence electrons. The van der Waals surface area contributed by atoms with E-state index in [-0.39, 0.29) is 11.3 Å². The van der Waals surface area contributed by atoms with E-state index in [4.69, 9.17) is 4.74 Å². The summed E-state index contributed by atoms with van der Waals surface area (Å²) in [4.78, 5) is 12.0. The summed E-state index contributed by atoms with van der Waals surface area (Å²) in [6.07, 6.45) is 2.90. The van der Waals surface area contributed by atoms with Crippen LogP contribution in [0.2, 0.25) is 0 Å². The molecule has 4 heteroatoms. The molecule has 0 fully saturated rings. The number of hydrogen-bond donors (Lipinski definition) is 0. The van der Waals surface area contributed by atoms with E-state index in [2.05, 4.69) is 0 Å². The van der Waals surface area contributed by atoms with Crippen LogP contribution in [0.25, 0.3) is 6.08 Å². The monoisotopic (exact) mass is 274 g/mol. The fraction of sp³-hybridized carbons (Fsp3) is 0.0625. The van der Waals surface area contributed by atoms with Gasteiger partial charge in [-0.3, -0.25) is 4.79 Å². The Morgan fingerprint density at radius 2 is 1.75 bits per heavy atom. The molecule has 0 aromatic heterocycles. The smallest absolute Gasteiger partial charge is 0.189 e. The summed E-state index contributed by atoms with van der Waals surface area (Å²) in [7, 11) is 1.30. The quantitative estimate of drug-likeness (QED) is 0.625. The number of methoxy groups -OCH3 is 1. The highest BCUT2D eigenvalue weighted by atomic mass is 19.2. The molecule has 0 heterocycles. The summed E-state index contributed by atoms with van der Waals surface area (Å²) < 4.78 is 31.2. The highest BCUT2D eigenvalue weighted by Gasteiger charge is 2.14. The number of hydrogen-bond acceptors (Lipinski definition) is 2. The fourth-order valence-corrected chi connectivity index (χ4v) is 1.72. The highest BCUT2D eigenvalue weighted by molar-refractivity contribution is 6.08. The molecule has 2 aromatic rings. The van der Waals surface area contributed by atoms with E-state index >= 15 is 0 Å². The molecule has 0 saturated carbocycles. The first-order valence-electron chi connectivity index (χ1n) is 5.92. The zero-order valence-corrected chi connectivity index (χ0v) is 10.8. The third-order valence-corrected chi connectivity index (χ3v) is 2.73. The van der Waals surface area contributed by atoms with Crippen molar-refractivity contribution in [1.29, 1.82) is 0 Å². The van der Waals surface area contributed by atoms with E-state index in [9.17, 15) is 13.6 Å². The molecular formula is C16H12F2O2. The van der Waals surface area contributed by atoms with E-state index in [0.29, 0.717) is 0 Å². The number of benzene rings is 2. The minimum atomic E-state index is -1.08. The summed E-state index contributed by atoms with van der Waals surface area (Å²) in [5.74, 6) is -2.58. The van der Waals surface area contributed by atoms with Crippen LogP contribution in [0.5, 0.6) is 5.75 Å². The second-order valence-electron chi connectivity index (χ2n) is 4.07. The number of ketones is 1. The van der Waals surface area contributed by atoms with Gasteiger partial charge in [0.05, 0.1) is 12.7 Å². The summed E-state index contributed by atoms with van der Waals surface area (Å²) in [5, 5.41) is 0. The van der Waals surface area contributed by atoms with Gasteiger partial charge >= 0.3 is 0 Å². The molecule has 0 radical (unpaired) electrons. The average molecular weight is 274 g/mol. The van der Waals surface area contributed by atoms with Crippen LogP contribution >= 0.6 is 0 Å². The van der Waals surface area contributed by atoms with Crippen LogP contribution in [0.1, 0.15) is 15.9 Å². The van der Waals surface area contributed by atoms with Gasteiger partial charge in [0.2, 0.25) is 0 Å². The topological polar surface area (TPSA) is 26.3 Å². The summed E-state index contributed by atoms with van der Waals surface area (Å²) in [6, 6.07) is 10.9. The standard InChI is InChI=1S/C16H12F2O2/c1-20-16-10-14(18)13(17)9-12(16)15(19)8-7-11-5-3-2-4-6-11/h2-10H,1H3. The highest BCUT2D eigenvalue weighted by Crippen LogP contribution is 2.23. The van der Waals surface area contributed by atoms with Crippen molar-refractivity contribution in [3.8, 4) is 5.75 Å². The largest absolute Gasteiger partial charge is 0.496 e. The average Bonchev–Trinajstić information content (AvgIpc) is 2.48. The van der Waals surface area contributed by atoms with Gasteiger partial charge in [0.25, 0.3) is 0 Å². The number of carbonyl (C=O) groups is 1. The lowest BCUT2D eigenvalue weighted by Gasteiger charge is -2.06. The first-order valence-corrected chi connectivity index (χ1v) is 5.92. The second-order valence-corrected chi connectivity index (χ2v) is 4.07. The molecule has 0 aliphatic rings. The first kappa shape index (κ1) is 13.9. The Kier molecular flexibility index (Phi) is 4.25. The fourth-order valence-electron chi connectivity index (χ4n) is 1.72. The predicted octanol–water partition coefficient (Wildman–Crippen LogP) is 3.87. The van der Waals surface area contributed by atoms with Crippen molar-refractivity contribution in [3.63, 3.8) is 0 Å². The maximum atomic E-state index is 13.2. The van der Waals surface area contributed by atoms with Crippen molar-refractivity contribution in [3.05, 3.63) is 71.3 Å². The first-order chi connectivity index (χ1) is 9.61. The Hall–Kier alpha value is -2.49. The minimum absolute atomic E-state index is 0.00612. The molecule has 0 aliphatic heterocycles. The van der Waals surface area contributed by atoms with Gasteiger partial charge in [-0.05, 0) is 17.7 Å². The zero-order valence-electron chi connectivity index (χ0n) is 10.8. The van der Waals surface area contributed by atoms with Crippen LogP contribution in [0.3, 0.4) is 0 Å². The molecule has 0 aliphatic carbocycles. The third-order valence-electron chi connectivity index (χ3n) is 2.73. The van der Waals surface area contributed by atoms with Crippen molar-refractivity contribution in [2.45, 2.75) is 0 Å². The minimum Gasteiger partial charge on any atom is -0.496 e. The Morgan fingerprint density at radius 3 is 2.40 bits per heavy atom. The Bertz CT molecular complexity index is 649. The van der Waals surface area contributed by atoms with E-state index in [1.54, 1.807) is 6.08 Å². The van der Waals surface area contributed by atoms with Gasteiger partial charge in [0.15, 0.2) is 17.4 Å². The van der Waals surface area contributed by atoms with Gasteiger partial charge in [0, 0.05) is 6.07 Å². The molecule has 2 rings (SSSR count). The number of halogens is 2. The predicted molar refractivity (Wildman–Crippen MR) is 72.7 cm³/mol. The zero-order chi connectivity index (χ0) is 14.5. The number of carbonyl (C=O) groups excluding carboxylic acids is 1. The van der Waals surface area contributed by atoms with Gasteiger partial charge in [-0.15, -0.1) is 0 Å². The lowest BCUT2D eigenvalue weighted by Crippen LogP contribution is -2.01. The van der Waals surface area contributed by atoms with E-state index in [0.717, 1.165) is 17.7 Å². The SMILES string of the molecule is COc1cc(F)c(F)cc1C(=O)C=Cc1ccccc1. The third kappa shape index (κ3) is 3.09.